The number of nitrogens with zero attached hydrogens (tertiary/aromatic N) is 1. The zero-order valence-corrected chi connectivity index (χ0v) is 13.1. The molecule has 0 atom stereocenters. The van der Waals surface area contributed by atoms with Crippen molar-refractivity contribution < 1.29 is 8.42 Å². The van der Waals surface area contributed by atoms with E-state index in [4.69, 9.17) is 11.6 Å². The van der Waals surface area contributed by atoms with Gasteiger partial charge in [0.05, 0.1) is 11.6 Å². The van der Waals surface area contributed by atoms with E-state index in [1.165, 1.54) is 15.6 Å². The number of hydrogen-bond acceptors (Lipinski definition) is 3. The number of alkyl halides is 1. The Kier molecular flexibility index (Phi) is 3.75. The largest absolute Gasteiger partial charge is 0.273 e. The highest BCUT2D eigenvalue weighted by atomic mass is 35.5. The van der Waals surface area contributed by atoms with Crippen LogP contribution in [0.4, 0.5) is 5.69 Å². The summed E-state index contributed by atoms with van der Waals surface area (Å²) in [7, 11) is -3.47. The molecule has 0 bridgehead atoms. The van der Waals surface area contributed by atoms with Crippen LogP contribution in [0.1, 0.15) is 16.9 Å². The molecule has 0 amide bonds. The smallest absolute Gasteiger partial charge is 0.265 e. The van der Waals surface area contributed by atoms with Gasteiger partial charge < -0.3 is 0 Å². The quantitative estimate of drug-likeness (QED) is 0.807. The highest BCUT2D eigenvalue weighted by Gasteiger charge is 2.29. The number of anilines is 1. The number of para-hydroxylation sites is 1. The SMILES string of the molecule is O=S(=O)(c1ccc(CCl)s1)N1CCCc2ccccc21. The van der Waals surface area contributed by atoms with Gasteiger partial charge in [0.25, 0.3) is 10.0 Å². The Morgan fingerprint density at radius 1 is 1.20 bits per heavy atom. The topological polar surface area (TPSA) is 37.4 Å². The van der Waals surface area contributed by atoms with E-state index < -0.39 is 10.0 Å². The second-order valence-electron chi connectivity index (χ2n) is 4.66. The Bertz CT molecular complexity index is 724. The predicted molar refractivity (Wildman–Crippen MR) is 83.2 cm³/mol. The van der Waals surface area contributed by atoms with Crippen LogP contribution in [0, 0.1) is 0 Å². The molecule has 0 radical (unpaired) electrons. The van der Waals surface area contributed by atoms with E-state index in [0.717, 1.165) is 29.0 Å². The van der Waals surface area contributed by atoms with Gasteiger partial charge in [0.1, 0.15) is 4.21 Å². The van der Waals surface area contributed by atoms with Gasteiger partial charge in [-0.15, -0.1) is 22.9 Å². The Morgan fingerprint density at radius 2 is 2.00 bits per heavy atom. The lowest BCUT2D eigenvalue weighted by Gasteiger charge is -2.29. The molecule has 2 heterocycles. The third kappa shape index (κ3) is 2.34. The van der Waals surface area contributed by atoms with Crippen molar-refractivity contribution in [2.45, 2.75) is 22.9 Å². The van der Waals surface area contributed by atoms with E-state index in [-0.39, 0.29) is 0 Å². The van der Waals surface area contributed by atoms with E-state index >= 15 is 0 Å². The molecule has 0 unspecified atom stereocenters. The first-order valence-electron chi connectivity index (χ1n) is 6.38. The number of benzene rings is 1. The fourth-order valence-electron chi connectivity index (χ4n) is 2.43. The number of rotatable bonds is 3. The number of halogens is 1. The van der Waals surface area contributed by atoms with Crippen LogP contribution >= 0.6 is 22.9 Å². The molecular formula is C14H14ClNO2S2. The van der Waals surface area contributed by atoms with Crippen molar-refractivity contribution in [1.82, 2.24) is 0 Å². The molecule has 0 spiro atoms. The van der Waals surface area contributed by atoms with Crippen LogP contribution in [0.3, 0.4) is 0 Å². The summed E-state index contributed by atoms with van der Waals surface area (Å²) in [6, 6.07) is 11.1. The van der Waals surface area contributed by atoms with Crippen LogP contribution in [0.25, 0.3) is 0 Å². The molecule has 0 saturated heterocycles. The molecule has 1 aromatic heterocycles. The summed E-state index contributed by atoms with van der Waals surface area (Å²) in [6.07, 6.45) is 1.78. The molecule has 0 N–H and O–H groups in total. The van der Waals surface area contributed by atoms with Gasteiger partial charge in [-0.3, -0.25) is 4.31 Å². The van der Waals surface area contributed by atoms with Crippen molar-refractivity contribution in [3.63, 3.8) is 0 Å². The highest BCUT2D eigenvalue weighted by molar-refractivity contribution is 7.94. The maximum absolute atomic E-state index is 12.8. The second kappa shape index (κ2) is 5.39. The van der Waals surface area contributed by atoms with Crippen LogP contribution in [0.15, 0.2) is 40.6 Å². The van der Waals surface area contributed by atoms with Crippen molar-refractivity contribution in [1.29, 1.82) is 0 Å². The average molecular weight is 328 g/mol. The van der Waals surface area contributed by atoms with Gasteiger partial charge in [-0.05, 0) is 36.6 Å². The molecule has 20 heavy (non-hydrogen) atoms. The summed E-state index contributed by atoms with van der Waals surface area (Å²) in [5.74, 6) is 0.344. The molecule has 106 valence electrons. The third-order valence-electron chi connectivity index (χ3n) is 3.38. The standard InChI is InChI=1S/C14H14ClNO2S2/c15-10-12-7-8-14(19-12)20(17,18)16-9-3-5-11-4-1-2-6-13(11)16/h1-2,4,6-8H,3,5,9-10H2. The summed E-state index contributed by atoms with van der Waals surface area (Å²) in [5, 5.41) is 0. The molecule has 2 aromatic rings. The number of hydrogen-bond donors (Lipinski definition) is 0. The van der Waals surface area contributed by atoms with Crippen LogP contribution in [0.2, 0.25) is 0 Å². The van der Waals surface area contributed by atoms with Crippen molar-refractivity contribution in [2.75, 3.05) is 10.8 Å². The van der Waals surface area contributed by atoms with Gasteiger partial charge >= 0.3 is 0 Å². The fraction of sp³-hybridized carbons (Fsp3) is 0.286. The van der Waals surface area contributed by atoms with E-state index in [1.807, 2.05) is 24.3 Å². The summed E-state index contributed by atoms with van der Waals surface area (Å²) in [6.45, 7) is 0.535. The molecule has 3 nitrogen and oxygen atoms in total. The predicted octanol–water partition coefficient (Wildman–Crippen LogP) is 3.63. The minimum atomic E-state index is -3.47. The summed E-state index contributed by atoms with van der Waals surface area (Å²) in [5.41, 5.74) is 1.90. The van der Waals surface area contributed by atoms with Crippen molar-refractivity contribution in [2.24, 2.45) is 0 Å². The maximum Gasteiger partial charge on any atom is 0.273 e. The van der Waals surface area contributed by atoms with Gasteiger partial charge in [0.2, 0.25) is 0 Å². The first kappa shape index (κ1) is 13.9. The first-order chi connectivity index (χ1) is 9.63. The van der Waals surface area contributed by atoms with Crippen LogP contribution in [0.5, 0.6) is 0 Å². The van der Waals surface area contributed by atoms with Crippen molar-refractivity contribution >= 4 is 38.6 Å². The number of sulfonamides is 1. The lowest BCUT2D eigenvalue weighted by Crippen LogP contribution is -2.35. The number of thiophene rings is 1. The van der Waals surface area contributed by atoms with Crippen LogP contribution < -0.4 is 4.31 Å². The van der Waals surface area contributed by atoms with Gasteiger partial charge in [0, 0.05) is 11.4 Å². The molecule has 0 saturated carbocycles. The molecule has 3 rings (SSSR count). The Hall–Kier alpha value is -1.04. The number of aryl methyl sites for hydroxylation is 1. The average Bonchev–Trinajstić information content (AvgIpc) is 2.96. The Morgan fingerprint density at radius 3 is 2.75 bits per heavy atom. The zero-order chi connectivity index (χ0) is 14.2. The van der Waals surface area contributed by atoms with Crippen LogP contribution in [-0.2, 0) is 22.3 Å². The molecule has 1 aromatic carbocycles. The van der Waals surface area contributed by atoms with E-state index in [1.54, 1.807) is 12.1 Å². The minimum absolute atomic E-state index is 0.344. The highest BCUT2D eigenvalue weighted by Crippen LogP contribution is 2.34. The summed E-state index contributed by atoms with van der Waals surface area (Å²) in [4.78, 5) is 0.871. The fourth-order valence-corrected chi connectivity index (χ4v) is 5.54. The lowest BCUT2D eigenvalue weighted by atomic mass is 10.0. The molecule has 1 aliphatic heterocycles. The van der Waals surface area contributed by atoms with Gasteiger partial charge in [0.15, 0.2) is 0 Å². The molecular weight excluding hydrogens is 314 g/mol. The van der Waals surface area contributed by atoms with E-state index in [0.29, 0.717) is 16.6 Å². The normalized spacial score (nSPS) is 15.2. The lowest BCUT2D eigenvalue weighted by molar-refractivity contribution is 0.588. The monoisotopic (exact) mass is 327 g/mol. The Balaban J connectivity index is 2.04. The number of fused-ring (bicyclic) bond motifs is 1. The van der Waals surface area contributed by atoms with Crippen molar-refractivity contribution in [3.05, 3.63) is 46.8 Å². The third-order valence-corrected chi connectivity index (χ3v) is 7.19. The van der Waals surface area contributed by atoms with Gasteiger partial charge in [-0.1, -0.05) is 18.2 Å². The van der Waals surface area contributed by atoms with Crippen molar-refractivity contribution in [3.8, 4) is 0 Å². The first-order valence-corrected chi connectivity index (χ1v) is 9.17. The molecule has 0 aliphatic carbocycles. The molecule has 6 heteroatoms. The zero-order valence-electron chi connectivity index (χ0n) is 10.8. The van der Waals surface area contributed by atoms with Crippen LogP contribution in [-0.4, -0.2) is 15.0 Å². The Labute approximate surface area is 127 Å². The minimum Gasteiger partial charge on any atom is -0.265 e. The maximum atomic E-state index is 12.8. The summed E-state index contributed by atoms with van der Waals surface area (Å²) >= 11 is 7.01. The molecule has 0 fully saturated rings. The van der Waals surface area contributed by atoms with E-state index in [2.05, 4.69) is 0 Å². The second-order valence-corrected chi connectivity index (χ2v) is 8.19. The summed E-state index contributed by atoms with van der Waals surface area (Å²) < 4.78 is 27.4. The molecule has 1 aliphatic rings. The van der Waals surface area contributed by atoms with E-state index in [9.17, 15) is 8.42 Å². The van der Waals surface area contributed by atoms with Gasteiger partial charge in [-0.2, -0.15) is 0 Å². The van der Waals surface area contributed by atoms with Gasteiger partial charge in [-0.25, -0.2) is 8.42 Å².